The molecule has 1 atom stereocenters. The molecule has 11 nitrogen and oxygen atoms in total. The smallest absolute Gasteiger partial charge is 0.460 e. The van der Waals surface area contributed by atoms with Gasteiger partial charge < -0.3 is 20.3 Å². The first kappa shape index (κ1) is 52.6. The number of carbonyl (C=O) groups excluding carboxylic acids is 3. The Morgan fingerprint density at radius 3 is 2.03 bits per heavy atom. The number of aryl methyl sites for hydroxylation is 1. The van der Waals surface area contributed by atoms with Gasteiger partial charge in [0.1, 0.15) is 5.75 Å². The average molecular weight is 918 g/mol. The van der Waals surface area contributed by atoms with Crippen LogP contribution in [0.2, 0.25) is 0 Å². The van der Waals surface area contributed by atoms with E-state index >= 15 is 0 Å². The van der Waals surface area contributed by atoms with Gasteiger partial charge in [-0.3, -0.25) is 14.4 Å². The maximum atomic E-state index is 14.4. The molecule has 0 radical (unpaired) electrons. The minimum absolute atomic E-state index is 0.0912. The molecule has 2 aromatic carbocycles. The van der Waals surface area contributed by atoms with Crippen molar-refractivity contribution in [2.75, 3.05) is 30.8 Å². The number of rotatable bonds is 21. The minimum atomic E-state index is -6.82. The van der Waals surface area contributed by atoms with Crippen molar-refractivity contribution in [3.8, 4) is 5.75 Å². The van der Waals surface area contributed by atoms with Crippen LogP contribution in [0.3, 0.4) is 0 Å². The van der Waals surface area contributed by atoms with E-state index in [1.54, 1.807) is 19.1 Å². The van der Waals surface area contributed by atoms with Crippen LogP contribution in [0.5, 0.6) is 5.75 Å². The second kappa shape index (κ2) is 20.4. The fourth-order valence-corrected chi connectivity index (χ4v) is 6.75. The van der Waals surface area contributed by atoms with Gasteiger partial charge in [0.05, 0.1) is 29.0 Å². The number of nitrogens with zero attached hydrogens (tertiary/aromatic N) is 2. The van der Waals surface area contributed by atoms with Gasteiger partial charge in [-0.2, -0.15) is 30.7 Å². The zero-order chi connectivity index (χ0) is 47.9. The molecule has 63 heavy (non-hydrogen) atoms. The van der Waals surface area contributed by atoms with Gasteiger partial charge in [0.2, 0.25) is 15.8 Å². The number of likely N-dealkylation sites (N-methyl/N-ethyl adjacent to an activating group) is 1. The van der Waals surface area contributed by atoms with E-state index in [0.29, 0.717) is 48.5 Å². The molecular weight excluding hydrogens is 860 g/mol. The Hall–Kier alpha value is -4.78. The quantitative estimate of drug-likeness (QED) is 0.0838. The lowest BCUT2D eigenvalue weighted by molar-refractivity contribution is -0.343. The summed E-state index contributed by atoms with van der Waals surface area (Å²) in [5.41, 5.74) is 0.842. The first-order chi connectivity index (χ1) is 29.0. The standard InChI is InChI=1S/C44H58F7N5O6S/c1-11-15-16-37(62-36-20-17-28(40(6,7)12-2)24-30(36)41(8,9)13-3)38(58)54-33-26-35(57)34(55-39(59)42(45,46)43(47,48)44(49,50)51)25-32(33)53-31-19-18-29(23-27(31)5)56(14-4)22-21-52-63(10,60)61/h17-20,23-26,37,52H,11-16,21-22H2,1-10H3,(H,54,58)(H,55,59). The number of carbonyl (C=O) groups is 3. The Kier molecular flexibility index (Phi) is 17.0. The number of ether oxygens (including phenoxy) is 1. The minimum Gasteiger partial charge on any atom is -0.480 e. The lowest BCUT2D eigenvalue weighted by atomic mass is 9.76. The summed E-state index contributed by atoms with van der Waals surface area (Å²) >= 11 is 0. The number of ketones is 1. The topological polar surface area (TPSA) is 146 Å². The highest BCUT2D eigenvalue weighted by atomic mass is 32.2. The van der Waals surface area contributed by atoms with Crippen LogP contribution in [0.25, 0.3) is 0 Å². The molecule has 1 aliphatic carbocycles. The second-order valence-electron chi connectivity index (χ2n) is 16.7. The number of anilines is 1. The van der Waals surface area contributed by atoms with Crippen LogP contribution in [0.15, 0.2) is 64.9 Å². The lowest BCUT2D eigenvalue weighted by Gasteiger charge is -2.31. The Bertz CT molecular complexity index is 2220. The van der Waals surface area contributed by atoms with Gasteiger partial charge in [0, 0.05) is 37.0 Å². The molecule has 0 aromatic heterocycles. The molecule has 0 fully saturated rings. The maximum Gasteiger partial charge on any atom is 0.460 e. The largest absolute Gasteiger partial charge is 0.480 e. The highest BCUT2D eigenvalue weighted by Crippen LogP contribution is 2.47. The molecule has 0 saturated heterocycles. The number of unbranched alkanes of at least 4 members (excludes halogenated alkanes) is 1. The lowest BCUT2D eigenvalue weighted by Crippen LogP contribution is -2.59. The number of alkyl halides is 7. The predicted molar refractivity (Wildman–Crippen MR) is 229 cm³/mol. The van der Waals surface area contributed by atoms with Gasteiger partial charge in [0.15, 0.2) is 6.10 Å². The highest BCUT2D eigenvalue weighted by Gasteiger charge is 2.76. The third-order valence-electron chi connectivity index (χ3n) is 11.2. The van der Waals surface area contributed by atoms with E-state index in [1.165, 1.54) is 11.4 Å². The summed E-state index contributed by atoms with van der Waals surface area (Å²) < 4.78 is 127. The molecular formula is C44H58F7N5O6S. The Labute approximate surface area is 365 Å². The number of benzene rings is 2. The van der Waals surface area contributed by atoms with Crippen molar-refractivity contribution in [3.05, 3.63) is 76.6 Å². The van der Waals surface area contributed by atoms with Crippen molar-refractivity contribution in [1.29, 1.82) is 0 Å². The third-order valence-corrected chi connectivity index (χ3v) is 11.9. The first-order valence-corrected chi connectivity index (χ1v) is 22.5. The van der Waals surface area contributed by atoms with E-state index in [9.17, 15) is 53.5 Å². The zero-order valence-electron chi connectivity index (χ0n) is 37.3. The van der Waals surface area contributed by atoms with E-state index < -0.39 is 57.4 Å². The molecule has 350 valence electrons. The van der Waals surface area contributed by atoms with Crippen molar-refractivity contribution < 1.29 is 58.3 Å². The van der Waals surface area contributed by atoms with Gasteiger partial charge in [-0.1, -0.05) is 67.0 Å². The van der Waals surface area contributed by atoms with Crippen LogP contribution < -0.4 is 25.0 Å². The van der Waals surface area contributed by atoms with Crippen molar-refractivity contribution in [3.63, 3.8) is 0 Å². The van der Waals surface area contributed by atoms with Gasteiger partial charge in [-0.25, -0.2) is 18.1 Å². The Morgan fingerprint density at radius 2 is 1.49 bits per heavy atom. The molecule has 2 amide bonds. The Morgan fingerprint density at radius 1 is 0.857 bits per heavy atom. The maximum absolute atomic E-state index is 14.4. The number of allylic oxidation sites excluding steroid dienone is 2. The summed E-state index contributed by atoms with van der Waals surface area (Å²) in [4.78, 5) is 46.3. The molecule has 0 spiro atoms. The highest BCUT2D eigenvalue weighted by molar-refractivity contribution is 7.88. The number of hydrogen-bond donors (Lipinski definition) is 3. The van der Waals surface area contributed by atoms with Gasteiger partial charge in [0.25, 0.3) is 5.91 Å². The number of sulfonamides is 1. The Balaban J connectivity index is 2.13. The molecule has 0 heterocycles. The monoisotopic (exact) mass is 917 g/mol. The van der Waals surface area contributed by atoms with Crippen molar-refractivity contribution in [2.45, 2.75) is 129 Å². The summed E-state index contributed by atoms with van der Waals surface area (Å²) in [6.07, 6.45) is -2.62. The van der Waals surface area contributed by atoms with Crippen molar-refractivity contribution in [2.24, 2.45) is 4.99 Å². The molecule has 0 aliphatic heterocycles. The van der Waals surface area contributed by atoms with Crippen LogP contribution in [-0.4, -0.2) is 81.7 Å². The number of halogens is 7. The van der Waals surface area contributed by atoms with Crippen molar-refractivity contribution >= 4 is 44.7 Å². The van der Waals surface area contributed by atoms with Crippen LogP contribution in [0, 0.1) is 6.92 Å². The zero-order valence-corrected chi connectivity index (χ0v) is 38.1. The summed E-state index contributed by atoms with van der Waals surface area (Å²) in [7, 11) is -3.46. The summed E-state index contributed by atoms with van der Waals surface area (Å²) in [5.74, 6) is -17.9. The normalized spacial score (nSPS) is 15.4. The van der Waals surface area contributed by atoms with E-state index in [1.807, 2.05) is 51.7 Å². The fraction of sp³-hybridized carbons (Fsp3) is 0.545. The molecule has 0 bridgehead atoms. The van der Waals surface area contributed by atoms with Gasteiger partial charge in [-0.15, -0.1) is 0 Å². The van der Waals surface area contributed by atoms with Gasteiger partial charge >= 0.3 is 23.9 Å². The summed E-state index contributed by atoms with van der Waals surface area (Å²) in [6.45, 7) is 18.6. The fourth-order valence-electron chi connectivity index (χ4n) is 6.28. The number of amides is 2. The summed E-state index contributed by atoms with van der Waals surface area (Å²) in [6, 6.07) is 10.6. The molecule has 3 rings (SSSR count). The molecule has 3 N–H and O–H groups in total. The van der Waals surface area contributed by atoms with E-state index in [2.05, 4.69) is 41.9 Å². The van der Waals surface area contributed by atoms with Gasteiger partial charge in [-0.05, 0) is 91.8 Å². The van der Waals surface area contributed by atoms with E-state index in [0.717, 1.165) is 30.2 Å². The average Bonchev–Trinajstić information content (AvgIpc) is 3.19. The van der Waals surface area contributed by atoms with E-state index in [-0.39, 0.29) is 47.4 Å². The van der Waals surface area contributed by atoms with Crippen LogP contribution in [0.1, 0.15) is 104 Å². The van der Waals surface area contributed by atoms with Crippen LogP contribution >= 0.6 is 0 Å². The molecule has 1 unspecified atom stereocenters. The molecule has 0 saturated carbocycles. The number of aliphatic imine (C=N–C) groups is 1. The van der Waals surface area contributed by atoms with Crippen molar-refractivity contribution in [1.82, 2.24) is 15.4 Å². The molecule has 19 heteroatoms. The first-order valence-electron chi connectivity index (χ1n) is 20.6. The predicted octanol–water partition coefficient (Wildman–Crippen LogP) is 8.87. The number of nitrogens with one attached hydrogen (secondary N) is 3. The second-order valence-corrected chi connectivity index (χ2v) is 18.6. The van der Waals surface area contributed by atoms with Crippen LogP contribution in [0.4, 0.5) is 42.1 Å². The third kappa shape index (κ3) is 12.9. The number of hydrogen-bond acceptors (Lipinski definition) is 8. The summed E-state index contributed by atoms with van der Waals surface area (Å²) in [5, 5.41) is 3.82. The molecule has 1 aliphatic rings. The SMILES string of the molecule is CCCCC(Oc1ccc(C(C)(C)CC)cc1C(C)(C)CC)C(=O)NC1=CC(=O)C(NC(=O)C(F)(F)C(F)(F)C(F)(F)F)=CC1=Nc1ccc(N(CC)CCNS(C)(=O)=O)cc1C. The van der Waals surface area contributed by atoms with Crippen LogP contribution in [-0.2, 0) is 35.2 Å². The van der Waals surface area contributed by atoms with E-state index in [4.69, 9.17) is 4.74 Å². The molecule has 2 aromatic rings.